The number of likely N-dealkylation sites (N-methyl/N-ethyl adjacent to an activating group) is 1. The van der Waals surface area contributed by atoms with Crippen LogP contribution in [0.2, 0.25) is 0 Å². The number of piperazine rings is 1. The van der Waals surface area contributed by atoms with Crippen LogP contribution < -0.4 is 15.0 Å². The molecule has 6 nitrogen and oxygen atoms in total. The first-order valence-electron chi connectivity index (χ1n) is 12.2. The molecule has 0 amide bonds. The normalized spacial score (nSPS) is 17.8. The molecule has 2 aromatic carbocycles. The van der Waals surface area contributed by atoms with Gasteiger partial charge in [0, 0.05) is 43.5 Å². The summed E-state index contributed by atoms with van der Waals surface area (Å²) < 4.78 is 21.3. The predicted octanol–water partition coefficient (Wildman–Crippen LogP) is 4.58. The first-order chi connectivity index (χ1) is 17.0. The van der Waals surface area contributed by atoms with Crippen molar-refractivity contribution in [1.82, 2.24) is 20.2 Å². The molecule has 7 heteroatoms. The van der Waals surface area contributed by atoms with Gasteiger partial charge < -0.3 is 24.8 Å². The molecule has 2 aliphatic rings. The van der Waals surface area contributed by atoms with E-state index in [1.165, 1.54) is 0 Å². The zero-order valence-corrected chi connectivity index (χ0v) is 20.4. The van der Waals surface area contributed by atoms with Gasteiger partial charge in [-0.3, -0.25) is 0 Å². The molecule has 1 saturated heterocycles. The Labute approximate surface area is 204 Å². The Bertz CT molecular complexity index is 1390. The highest BCUT2D eigenvalue weighted by Gasteiger charge is 2.32. The van der Waals surface area contributed by atoms with Gasteiger partial charge in [0.25, 0.3) is 0 Å². The highest BCUT2D eigenvalue weighted by molar-refractivity contribution is 5.94. The number of anilines is 1. The van der Waals surface area contributed by atoms with E-state index in [0.717, 1.165) is 64.4 Å². The van der Waals surface area contributed by atoms with Crippen LogP contribution in [0.15, 0.2) is 48.7 Å². The van der Waals surface area contributed by atoms with E-state index in [2.05, 4.69) is 45.3 Å². The topological polar surface area (TPSA) is 56.4 Å². The molecule has 0 aliphatic carbocycles. The molecule has 2 aromatic heterocycles. The summed E-state index contributed by atoms with van der Waals surface area (Å²) in [6.45, 7) is 6.34. The fourth-order valence-electron chi connectivity index (χ4n) is 5.50. The molecule has 2 aliphatic heterocycles. The number of aryl methyl sites for hydroxylation is 1. The number of H-pyrrole nitrogens is 1. The third-order valence-electron chi connectivity index (χ3n) is 7.20. The summed E-state index contributed by atoms with van der Waals surface area (Å²) in [6.07, 6.45) is 1.98. The summed E-state index contributed by atoms with van der Waals surface area (Å²) >= 11 is 0. The largest absolute Gasteiger partial charge is 0.489 e. The van der Waals surface area contributed by atoms with E-state index >= 15 is 4.39 Å². The molecular formula is C28H30FN5O. The molecule has 180 valence electrons. The van der Waals surface area contributed by atoms with Crippen molar-refractivity contribution in [2.24, 2.45) is 0 Å². The number of nitrogens with zero attached hydrogens (tertiary/aromatic N) is 3. The molecule has 2 N–H and O–H groups in total. The number of aromatic amines is 1. The molecule has 1 fully saturated rings. The lowest BCUT2D eigenvalue weighted by molar-refractivity contribution is 0.188. The molecule has 0 spiro atoms. The Morgan fingerprint density at radius 3 is 2.89 bits per heavy atom. The third kappa shape index (κ3) is 3.85. The Morgan fingerprint density at radius 2 is 2.06 bits per heavy atom. The monoisotopic (exact) mass is 471 g/mol. The van der Waals surface area contributed by atoms with Crippen molar-refractivity contribution in [1.29, 1.82) is 0 Å². The van der Waals surface area contributed by atoms with Gasteiger partial charge in [0.15, 0.2) is 0 Å². The highest BCUT2D eigenvalue weighted by Crippen LogP contribution is 2.40. The molecule has 1 atom stereocenters. The quantitative estimate of drug-likeness (QED) is 0.457. The second-order valence-corrected chi connectivity index (χ2v) is 9.70. The molecule has 0 radical (unpaired) electrons. The third-order valence-corrected chi connectivity index (χ3v) is 7.20. The number of fused-ring (bicyclic) bond motifs is 4. The van der Waals surface area contributed by atoms with Crippen molar-refractivity contribution in [3.05, 3.63) is 65.6 Å². The maximum atomic E-state index is 15.1. The Morgan fingerprint density at radius 1 is 1.17 bits per heavy atom. The Kier molecular flexibility index (Phi) is 5.46. The fourth-order valence-corrected chi connectivity index (χ4v) is 5.50. The summed E-state index contributed by atoms with van der Waals surface area (Å²) in [5, 5.41) is 3.08. The van der Waals surface area contributed by atoms with Gasteiger partial charge in [-0.25, -0.2) is 9.37 Å². The summed E-state index contributed by atoms with van der Waals surface area (Å²) in [5.41, 5.74) is 7.92. The van der Waals surface area contributed by atoms with Gasteiger partial charge in [-0.1, -0.05) is 12.1 Å². The molecule has 35 heavy (non-hydrogen) atoms. The van der Waals surface area contributed by atoms with E-state index in [0.29, 0.717) is 30.5 Å². The summed E-state index contributed by atoms with van der Waals surface area (Å²) in [7, 11) is 4.03. The number of ether oxygens (including phenoxy) is 1. The van der Waals surface area contributed by atoms with E-state index in [-0.39, 0.29) is 5.82 Å². The van der Waals surface area contributed by atoms with Crippen LogP contribution in [-0.4, -0.2) is 61.2 Å². The van der Waals surface area contributed by atoms with Gasteiger partial charge in [0.1, 0.15) is 18.2 Å². The summed E-state index contributed by atoms with van der Waals surface area (Å²) in [6, 6.07) is 14.3. The van der Waals surface area contributed by atoms with Crippen LogP contribution in [0, 0.1) is 12.7 Å². The van der Waals surface area contributed by atoms with Gasteiger partial charge in [-0.05, 0) is 68.0 Å². The van der Waals surface area contributed by atoms with Crippen molar-refractivity contribution in [2.45, 2.75) is 19.5 Å². The minimum Gasteiger partial charge on any atom is -0.489 e. The van der Waals surface area contributed by atoms with E-state index in [1.54, 1.807) is 6.07 Å². The van der Waals surface area contributed by atoms with Crippen LogP contribution in [0.1, 0.15) is 11.1 Å². The number of hydrogen-bond acceptors (Lipinski definition) is 5. The first-order valence-corrected chi connectivity index (χ1v) is 12.2. The van der Waals surface area contributed by atoms with Crippen molar-refractivity contribution < 1.29 is 9.13 Å². The maximum Gasteiger partial charge on any atom is 0.143 e. The number of rotatable bonds is 4. The van der Waals surface area contributed by atoms with Gasteiger partial charge in [0.2, 0.25) is 0 Å². The number of nitrogens with one attached hydrogen (secondary N) is 2. The second kappa shape index (κ2) is 8.66. The van der Waals surface area contributed by atoms with Crippen LogP contribution in [0.5, 0.6) is 5.75 Å². The SMILES string of the molecule is CNCc1cc(C)c(-c2ccc3[nH]cc(-c4ccc5c(c4)OCC4CN(C)CCN54)c3n2)c(F)c1. The lowest BCUT2D eigenvalue weighted by Crippen LogP contribution is -2.56. The molecule has 4 heterocycles. The molecule has 0 saturated carbocycles. The van der Waals surface area contributed by atoms with Crippen molar-refractivity contribution >= 4 is 16.7 Å². The smallest absolute Gasteiger partial charge is 0.143 e. The molecule has 4 aromatic rings. The molecule has 6 rings (SSSR count). The summed E-state index contributed by atoms with van der Waals surface area (Å²) in [4.78, 5) is 13.1. The number of aromatic nitrogens is 2. The van der Waals surface area contributed by atoms with Gasteiger partial charge in [-0.2, -0.15) is 0 Å². The zero-order chi connectivity index (χ0) is 24.1. The van der Waals surface area contributed by atoms with Gasteiger partial charge >= 0.3 is 0 Å². The Balaban J connectivity index is 1.38. The standard InChI is InChI=1S/C28H30FN5O/c1-17-10-18(13-30-2)11-22(29)27(17)23-5-6-24-28(32-23)21(14-31-24)19-4-7-25-26(12-19)35-16-20-15-33(3)8-9-34(20)25/h4-7,10-12,14,20,30-31H,8-9,13,15-16H2,1-3H3. The molecule has 0 bridgehead atoms. The molecule has 1 unspecified atom stereocenters. The highest BCUT2D eigenvalue weighted by atomic mass is 19.1. The van der Waals surface area contributed by atoms with Crippen LogP contribution in [0.25, 0.3) is 33.4 Å². The zero-order valence-electron chi connectivity index (χ0n) is 20.4. The van der Waals surface area contributed by atoms with Crippen LogP contribution in [0.4, 0.5) is 10.1 Å². The number of benzene rings is 2. The van der Waals surface area contributed by atoms with E-state index < -0.39 is 0 Å². The average molecular weight is 472 g/mol. The van der Waals surface area contributed by atoms with Gasteiger partial charge in [0.05, 0.1) is 28.5 Å². The van der Waals surface area contributed by atoms with Crippen LogP contribution >= 0.6 is 0 Å². The fraction of sp³-hybridized carbons (Fsp3) is 0.321. The van der Waals surface area contributed by atoms with E-state index in [1.807, 2.05) is 38.4 Å². The maximum absolute atomic E-state index is 15.1. The van der Waals surface area contributed by atoms with E-state index in [9.17, 15) is 0 Å². The average Bonchev–Trinajstić information content (AvgIpc) is 3.26. The lowest BCUT2D eigenvalue weighted by Gasteiger charge is -2.44. The lowest BCUT2D eigenvalue weighted by atomic mass is 10.00. The number of hydrogen-bond donors (Lipinski definition) is 2. The van der Waals surface area contributed by atoms with Crippen LogP contribution in [0.3, 0.4) is 0 Å². The first kappa shape index (κ1) is 22.1. The minimum atomic E-state index is -0.247. The summed E-state index contributed by atoms with van der Waals surface area (Å²) in [5.74, 6) is 0.666. The van der Waals surface area contributed by atoms with Gasteiger partial charge in [-0.15, -0.1) is 0 Å². The molecular weight excluding hydrogens is 441 g/mol. The second-order valence-electron chi connectivity index (χ2n) is 9.70. The van der Waals surface area contributed by atoms with Crippen molar-refractivity contribution in [3.8, 4) is 28.1 Å². The predicted molar refractivity (Wildman–Crippen MR) is 139 cm³/mol. The van der Waals surface area contributed by atoms with Crippen LogP contribution in [-0.2, 0) is 6.54 Å². The number of pyridine rings is 1. The van der Waals surface area contributed by atoms with E-state index in [4.69, 9.17) is 9.72 Å². The Hall–Kier alpha value is -3.42. The number of halogens is 1. The van der Waals surface area contributed by atoms with Crippen molar-refractivity contribution in [3.63, 3.8) is 0 Å². The minimum absolute atomic E-state index is 0.247. The van der Waals surface area contributed by atoms with Crippen molar-refractivity contribution in [2.75, 3.05) is 45.2 Å².